The minimum Gasteiger partial charge on any atom is -0.449 e. The van der Waals surface area contributed by atoms with Crippen LogP contribution >= 0.6 is 0 Å². The standard InChI is InChI=1S/C48H66N4O8/c1-10-30(4)43(51(7)47(56)42(29(2)3)50-48(57)60-28-38-36-23-16-14-21-34(36)35-22-15-17-24-37(35)38)40(58-8)27-41(53)52-26-18-25-39(52)45(59-9)31(5)46(55)49-32(6)44(54)33-19-12-11-13-20-33/h11-17,19-24,29-32,38-40,42-45,54H,10,18,25-28H2,1-9H3,(H,49,55)(H,50,57)/t30-,31+,32+,39?,40+,42?,43-,44+,45+/m0/s1. The number of nitrogens with zero attached hydrogens (tertiary/aromatic N) is 2. The summed E-state index contributed by atoms with van der Waals surface area (Å²) in [5.41, 5.74) is 5.16. The number of methoxy groups -OCH3 is 2. The Kier molecular flexibility index (Phi) is 16.3. The van der Waals surface area contributed by atoms with Crippen LogP contribution in [0, 0.1) is 17.8 Å². The zero-order valence-electron chi connectivity index (χ0n) is 36.8. The van der Waals surface area contributed by atoms with Crippen LogP contribution in [0.4, 0.5) is 4.79 Å². The molecule has 1 aliphatic heterocycles. The van der Waals surface area contributed by atoms with Gasteiger partial charge in [-0.3, -0.25) is 14.4 Å². The summed E-state index contributed by atoms with van der Waals surface area (Å²) in [6, 6.07) is 23.1. The molecular weight excluding hydrogens is 761 g/mol. The maximum absolute atomic E-state index is 14.4. The van der Waals surface area contributed by atoms with Gasteiger partial charge in [0.05, 0.1) is 48.8 Å². The molecule has 1 fully saturated rings. The first-order chi connectivity index (χ1) is 28.7. The molecule has 1 heterocycles. The van der Waals surface area contributed by atoms with E-state index in [0.717, 1.165) is 28.7 Å². The van der Waals surface area contributed by atoms with Crippen molar-refractivity contribution in [3.05, 3.63) is 95.6 Å². The lowest BCUT2D eigenvalue weighted by atomic mass is 9.89. The predicted octanol–water partition coefficient (Wildman–Crippen LogP) is 6.71. The second-order valence-electron chi connectivity index (χ2n) is 16.9. The summed E-state index contributed by atoms with van der Waals surface area (Å²) >= 11 is 0. The Hall–Kier alpha value is -4.78. The number of amides is 4. The molecular formula is C48H66N4O8. The first-order valence-corrected chi connectivity index (χ1v) is 21.5. The van der Waals surface area contributed by atoms with E-state index < -0.39 is 48.4 Å². The van der Waals surface area contributed by atoms with Crippen molar-refractivity contribution in [3.63, 3.8) is 0 Å². The van der Waals surface area contributed by atoms with Crippen molar-refractivity contribution in [3.8, 4) is 11.1 Å². The number of ether oxygens (including phenoxy) is 3. The van der Waals surface area contributed by atoms with Gasteiger partial charge in [-0.1, -0.05) is 120 Å². The number of fused-ring (bicyclic) bond motifs is 3. The summed E-state index contributed by atoms with van der Waals surface area (Å²) in [5.74, 6) is -1.79. The van der Waals surface area contributed by atoms with Crippen LogP contribution in [-0.4, -0.2) is 110 Å². The van der Waals surface area contributed by atoms with Gasteiger partial charge in [-0.15, -0.1) is 0 Å². The van der Waals surface area contributed by atoms with Crippen LogP contribution in [0.2, 0.25) is 0 Å². The highest BCUT2D eigenvalue weighted by Gasteiger charge is 2.43. The number of aliphatic hydroxyl groups is 1. The molecule has 0 radical (unpaired) electrons. The summed E-state index contributed by atoms with van der Waals surface area (Å²) in [5, 5.41) is 16.7. The predicted molar refractivity (Wildman–Crippen MR) is 232 cm³/mol. The summed E-state index contributed by atoms with van der Waals surface area (Å²) < 4.78 is 17.8. The minimum atomic E-state index is -0.889. The molecule has 326 valence electrons. The van der Waals surface area contributed by atoms with Crippen molar-refractivity contribution >= 4 is 23.8 Å². The third-order valence-corrected chi connectivity index (χ3v) is 12.8. The van der Waals surface area contributed by atoms with Crippen LogP contribution in [0.3, 0.4) is 0 Å². The van der Waals surface area contributed by atoms with E-state index in [1.807, 2.05) is 82.3 Å². The summed E-state index contributed by atoms with van der Waals surface area (Å²) in [6.07, 6.45) is -0.692. The van der Waals surface area contributed by atoms with E-state index in [-0.39, 0.29) is 54.5 Å². The van der Waals surface area contributed by atoms with Crippen LogP contribution < -0.4 is 10.6 Å². The minimum absolute atomic E-state index is 0.00307. The molecule has 3 N–H and O–H groups in total. The molecule has 3 aromatic rings. The van der Waals surface area contributed by atoms with Gasteiger partial charge in [0.15, 0.2) is 0 Å². The summed E-state index contributed by atoms with van der Waals surface area (Å²) in [4.78, 5) is 59.0. The second-order valence-corrected chi connectivity index (χ2v) is 16.9. The first kappa shape index (κ1) is 46.3. The lowest BCUT2D eigenvalue weighted by Crippen LogP contribution is -2.58. The highest BCUT2D eigenvalue weighted by Crippen LogP contribution is 2.44. The van der Waals surface area contributed by atoms with Gasteiger partial charge in [0.25, 0.3) is 0 Å². The van der Waals surface area contributed by atoms with E-state index in [1.54, 1.807) is 44.9 Å². The second kappa shape index (κ2) is 21.1. The first-order valence-electron chi connectivity index (χ1n) is 21.5. The van der Waals surface area contributed by atoms with Gasteiger partial charge in [0, 0.05) is 33.7 Å². The molecule has 2 unspecified atom stereocenters. The molecule has 3 aromatic carbocycles. The van der Waals surface area contributed by atoms with E-state index in [1.165, 1.54) is 0 Å². The Morgan fingerprint density at radius 3 is 2.02 bits per heavy atom. The van der Waals surface area contributed by atoms with Crippen molar-refractivity contribution in [2.75, 3.05) is 34.4 Å². The fraction of sp³-hybridized carbons (Fsp3) is 0.542. The molecule has 12 heteroatoms. The lowest BCUT2D eigenvalue weighted by Gasteiger charge is -2.40. The molecule has 9 atom stereocenters. The molecule has 0 spiro atoms. The van der Waals surface area contributed by atoms with Crippen molar-refractivity contribution < 1.29 is 38.5 Å². The quantitative estimate of drug-likeness (QED) is 0.121. The number of alkyl carbamates (subject to hydrolysis) is 1. The normalized spacial score (nSPS) is 18.9. The number of carbonyl (C=O) groups is 4. The molecule has 2 aliphatic rings. The highest BCUT2D eigenvalue weighted by atomic mass is 16.5. The molecule has 0 aromatic heterocycles. The average molecular weight is 827 g/mol. The van der Waals surface area contributed by atoms with Gasteiger partial charge >= 0.3 is 6.09 Å². The number of benzene rings is 3. The van der Waals surface area contributed by atoms with Gasteiger partial charge in [-0.2, -0.15) is 0 Å². The Balaban J connectivity index is 1.24. The Morgan fingerprint density at radius 2 is 1.45 bits per heavy atom. The summed E-state index contributed by atoms with van der Waals surface area (Å²) in [7, 11) is 4.81. The number of carbonyl (C=O) groups excluding carboxylic acids is 4. The highest BCUT2D eigenvalue weighted by molar-refractivity contribution is 5.86. The molecule has 5 rings (SSSR count). The average Bonchev–Trinajstić information content (AvgIpc) is 3.87. The van der Waals surface area contributed by atoms with Crippen molar-refractivity contribution in [1.29, 1.82) is 0 Å². The SMILES string of the molecule is CC[C@H](C)[C@@H]([C@@H](CC(=O)N1CCCC1[C@H](OC)[C@@H](C)C(=O)N[C@H](C)[C@@H](O)c1ccccc1)OC)N(C)C(=O)C(NC(=O)OCC1c2ccccc2-c2ccccc21)C(C)C. The molecule has 0 saturated carbocycles. The van der Waals surface area contributed by atoms with E-state index in [0.29, 0.717) is 24.9 Å². The molecule has 60 heavy (non-hydrogen) atoms. The molecule has 1 aliphatic carbocycles. The third kappa shape index (κ3) is 10.4. The maximum atomic E-state index is 14.4. The van der Waals surface area contributed by atoms with Crippen molar-refractivity contribution in [2.24, 2.45) is 17.8 Å². The van der Waals surface area contributed by atoms with E-state index in [9.17, 15) is 24.3 Å². The van der Waals surface area contributed by atoms with Crippen molar-refractivity contribution in [2.45, 2.75) is 116 Å². The largest absolute Gasteiger partial charge is 0.449 e. The van der Waals surface area contributed by atoms with Crippen LogP contribution in [0.25, 0.3) is 11.1 Å². The van der Waals surface area contributed by atoms with Gasteiger partial charge < -0.3 is 39.8 Å². The van der Waals surface area contributed by atoms with E-state index in [4.69, 9.17) is 14.2 Å². The van der Waals surface area contributed by atoms with Gasteiger partial charge in [-0.25, -0.2) is 4.79 Å². The van der Waals surface area contributed by atoms with Crippen LogP contribution in [0.15, 0.2) is 78.9 Å². The van der Waals surface area contributed by atoms with E-state index >= 15 is 0 Å². The number of hydrogen-bond acceptors (Lipinski definition) is 8. The number of likely N-dealkylation sites (N-methyl/N-ethyl adjacent to an activating group) is 1. The van der Waals surface area contributed by atoms with E-state index in [2.05, 4.69) is 34.9 Å². The monoisotopic (exact) mass is 826 g/mol. The number of nitrogens with one attached hydrogen (secondary N) is 2. The van der Waals surface area contributed by atoms with Gasteiger partial charge in [0.2, 0.25) is 17.7 Å². The Morgan fingerprint density at radius 1 is 0.850 bits per heavy atom. The lowest BCUT2D eigenvalue weighted by molar-refractivity contribution is -0.147. The molecule has 1 saturated heterocycles. The maximum Gasteiger partial charge on any atom is 0.407 e. The molecule has 12 nitrogen and oxygen atoms in total. The van der Waals surface area contributed by atoms with Crippen molar-refractivity contribution in [1.82, 2.24) is 20.4 Å². The Bertz CT molecular complexity index is 1860. The number of likely N-dealkylation sites (tertiary alicyclic amines) is 1. The fourth-order valence-corrected chi connectivity index (χ4v) is 9.18. The number of rotatable bonds is 19. The molecule has 0 bridgehead atoms. The van der Waals surface area contributed by atoms with Crippen LogP contribution in [-0.2, 0) is 28.6 Å². The zero-order valence-corrected chi connectivity index (χ0v) is 36.8. The topological polar surface area (TPSA) is 147 Å². The summed E-state index contributed by atoms with van der Waals surface area (Å²) in [6.45, 7) is 12.0. The third-order valence-electron chi connectivity index (χ3n) is 12.8. The number of hydrogen-bond donors (Lipinski definition) is 3. The smallest absolute Gasteiger partial charge is 0.407 e. The fourth-order valence-electron chi connectivity index (χ4n) is 9.18. The zero-order chi connectivity index (χ0) is 43.7. The van der Waals surface area contributed by atoms with Crippen LogP contribution in [0.5, 0.6) is 0 Å². The van der Waals surface area contributed by atoms with Crippen LogP contribution in [0.1, 0.15) is 95.9 Å². The van der Waals surface area contributed by atoms with Gasteiger partial charge in [0.1, 0.15) is 12.6 Å². The van der Waals surface area contributed by atoms with Gasteiger partial charge in [-0.05, 0) is 59.4 Å². The number of aliphatic hydroxyl groups excluding tert-OH is 1. The Labute approximate surface area is 356 Å². The molecule has 4 amide bonds.